The van der Waals surface area contributed by atoms with Crippen LogP contribution in [0.25, 0.3) is 0 Å². The van der Waals surface area contributed by atoms with Crippen LogP contribution < -0.4 is 10.6 Å². The Bertz CT molecular complexity index is 484. The van der Waals surface area contributed by atoms with Crippen LogP contribution in [0.3, 0.4) is 0 Å². The van der Waals surface area contributed by atoms with Crippen molar-refractivity contribution in [2.75, 3.05) is 20.1 Å². The number of rotatable bonds is 4. The SMILES string of the molecule is CN1CCC(NC(=O)N[C@@H](C(=O)O)c2ccccc2)CC1. The summed E-state index contributed by atoms with van der Waals surface area (Å²) in [5, 5.41) is 14.6. The van der Waals surface area contributed by atoms with Gasteiger partial charge in [0, 0.05) is 6.04 Å². The van der Waals surface area contributed by atoms with Crippen LogP contribution in [0, 0.1) is 0 Å². The van der Waals surface area contributed by atoms with Gasteiger partial charge in [-0.3, -0.25) is 0 Å². The van der Waals surface area contributed by atoms with Gasteiger partial charge in [-0.25, -0.2) is 9.59 Å². The average molecular weight is 291 g/mol. The van der Waals surface area contributed by atoms with Crippen LogP contribution in [0.15, 0.2) is 30.3 Å². The quantitative estimate of drug-likeness (QED) is 0.778. The molecule has 1 aliphatic heterocycles. The lowest BCUT2D eigenvalue weighted by Gasteiger charge is -2.29. The van der Waals surface area contributed by atoms with Crippen LogP contribution in [0.2, 0.25) is 0 Å². The first-order chi connectivity index (χ1) is 10.1. The van der Waals surface area contributed by atoms with Crippen LogP contribution in [0.5, 0.6) is 0 Å². The second-order valence-corrected chi connectivity index (χ2v) is 5.38. The zero-order valence-electron chi connectivity index (χ0n) is 12.1. The lowest BCUT2D eigenvalue weighted by Crippen LogP contribution is -2.48. The Labute approximate surface area is 124 Å². The number of hydrogen-bond acceptors (Lipinski definition) is 3. The number of piperidine rings is 1. The maximum absolute atomic E-state index is 12.0. The molecule has 114 valence electrons. The Balaban J connectivity index is 1.91. The molecule has 21 heavy (non-hydrogen) atoms. The minimum Gasteiger partial charge on any atom is -0.479 e. The summed E-state index contributed by atoms with van der Waals surface area (Å²) in [6, 6.07) is 7.33. The first-order valence-electron chi connectivity index (χ1n) is 7.09. The van der Waals surface area contributed by atoms with Gasteiger partial charge in [-0.05, 0) is 38.5 Å². The Kier molecular flexibility index (Phi) is 5.16. The van der Waals surface area contributed by atoms with Crippen LogP contribution in [-0.2, 0) is 4.79 Å². The molecule has 6 heteroatoms. The maximum atomic E-state index is 12.0. The largest absolute Gasteiger partial charge is 0.479 e. The number of likely N-dealkylation sites (tertiary alicyclic amines) is 1. The van der Waals surface area contributed by atoms with Crippen LogP contribution in [-0.4, -0.2) is 48.2 Å². The number of hydrogen-bond donors (Lipinski definition) is 3. The molecular weight excluding hydrogens is 270 g/mol. The predicted octanol–water partition coefficient (Wildman–Crippen LogP) is 1.21. The Morgan fingerprint density at radius 3 is 2.43 bits per heavy atom. The molecule has 6 nitrogen and oxygen atoms in total. The first-order valence-corrected chi connectivity index (χ1v) is 7.09. The van der Waals surface area contributed by atoms with Crippen LogP contribution >= 0.6 is 0 Å². The number of carboxylic acid groups (broad SMARTS) is 1. The van der Waals surface area contributed by atoms with E-state index in [1.165, 1.54) is 0 Å². The molecular formula is C15H21N3O3. The summed E-state index contributed by atoms with van der Waals surface area (Å²) in [4.78, 5) is 25.5. The minimum absolute atomic E-state index is 0.103. The fourth-order valence-electron chi connectivity index (χ4n) is 2.44. The number of carboxylic acids is 1. The van der Waals surface area contributed by atoms with E-state index in [1.807, 2.05) is 7.05 Å². The van der Waals surface area contributed by atoms with Gasteiger partial charge in [0.25, 0.3) is 0 Å². The van der Waals surface area contributed by atoms with E-state index in [1.54, 1.807) is 30.3 Å². The molecule has 1 fully saturated rings. The third kappa shape index (κ3) is 4.46. The molecule has 1 aromatic carbocycles. The molecule has 0 aliphatic carbocycles. The Hall–Kier alpha value is -2.08. The highest BCUT2D eigenvalue weighted by Gasteiger charge is 2.24. The maximum Gasteiger partial charge on any atom is 0.330 e. The molecule has 1 heterocycles. The van der Waals surface area contributed by atoms with Gasteiger partial charge >= 0.3 is 12.0 Å². The van der Waals surface area contributed by atoms with E-state index in [-0.39, 0.29) is 6.04 Å². The molecule has 1 aromatic rings. The van der Waals surface area contributed by atoms with Gasteiger partial charge in [-0.15, -0.1) is 0 Å². The molecule has 1 aliphatic rings. The molecule has 1 atom stereocenters. The van der Waals surface area contributed by atoms with Crippen molar-refractivity contribution >= 4 is 12.0 Å². The highest BCUT2D eigenvalue weighted by Crippen LogP contribution is 2.13. The Morgan fingerprint density at radius 1 is 1.24 bits per heavy atom. The molecule has 2 rings (SSSR count). The zero-order chi connectivity index (χ0) is 15.2. The van der Waals surface area contributed by atoms with Crippen molar-refractivity contribution in [2.24, 2.45) is 0 Å². The van der Waals surface area contributed by atoms with Crippen molar-refractivity contribution in [3.05, 3.63) is 35.9 Å². The van der Waals surface area contributed by atoms with E-state index < -0.39 is 18.0 Å². The molecule has 2 amide bonds. The highest BCUT2D eigenvalue weighted by molar-refractivity contribution is 5.83. The van der Waals surface area contributed by atoms with Crippen molar-refractivity contribution in [1.29, 1.82) is 0 Å². The normalized spacial score (nSPS) is 18.0. The Morgan fingerprint density at radius 2 is 1.86 bits per heavy atom. The van der Waals surface area contributed by atoms with Gasteiger partial charge in [0.2, 0.25) is 0 Å². The molecule has 0 aromatic heterocycles. The third-order valence-electron chi connectivity index (χ3n) is 3.71. The number of urea groups is 1. The number of benzene rings is 1. The van der Waals surface area contributed by atoms with E-state index in [9.17, 15) is 14.7 Å². The predicted molar refractivity (Wildman–Crippen MR) is 79.0 cm³/mol. The molecule has 1 saturated heterocycles. The van der Waals surface area contributed by atoms with Gasteiger partial charge < -0.3 is 20.6 Å². The number of carbonyl (C=O) groups is 2. The molecule has 0 bridgehead atoms. The van der Waals surface area contributed by atoms with E-state index in [0.717, 1.165) is 25.9 Å². The number of nitrogens with one attached hydrogen (secondary N) is 2. The second kappa shape index (κ2) is 7.08. The second-order valence-electron chi connectivity index (χ2n) is 5.38. The summed E-state index contributed by atoms with van der Waals surface area (Å²) in [6.45, 7) is 1.87. The number of aliphatic carboxylic acids is 1. The van der Waals surface area contributed by atoms with Crippen LogP contribution in [0.4, 0.5) is 4.79 Å². The van der Waals surface area contributed by atoms with E-state index in [0.29, 0.717) is 5.56 Å². The molecule has 0 radical (unpaired) electrons. The molecule has 0 saturated carbocycles. The monoisotopic (exact) mass is 291 g/mol. The van der Waals surface area contributed by atoms with Gasteiger partial charge in [0.1, 0.15) is 0 Å². The summed E-state index contributed by atoms with van der Waals surface area (Å²) < 4.78 is 0. The molecule has 3 N–H and O–H groups in total. The van der Waals surface area contributed by atoms with E-state index >= 15 is 0 Å². The van der Waals surface area contributed by atoms with Gasteiger partial charge in [-0.1, -0.05) is 30.3 Å². The summed E-state index contributed by atoms with van der Waals surface area (Å²) in [6.07, 6.45) is 1.76. The number of carbonyl (C=O) groups excluding carboxylic acids is 1. The average Bonchev–Trinajstić information content (AvgIpc) is 2.48. The lowest BCUT2D eigenvalue weighted by molar-refractivity contribution is -0.139. The summed E-state index contributed by atoms with van der Waals surface area (Å²) in [5.41, 5.74) is 0.559. The highest BCUT2D eigenvalue weighted by atomic mass is 16.4. The third-order valence-corrected chi connectivity index (χ3v) is 3.71. The van der Waals surface area contributed by atoms with Gasteiger partial charge in [0.15, 0.2) is 6.04 Å². The van der Waals surface area contributed by atoms with E-state index in [4.69, 9.17) is 0 Å². The summed E-state index contributed by atoms with van der Waals surface area (Å²) in [7, 11) is 2.05. The van der Waals surface area contributed by atoms with Gasteiger partial charge in [0.05, 0.1) is 0 Å². The standard InChI is InChI=1S/C15H21N3O3/c1-18-9-7-12(8-10-18)16-15(21)17-13(14(19)20)11-5-3-2-4-6-11/h2-6,12-13H,7-10H2,1H3,(H,19,20)(H2,16,17,21)/t13-/m1/s1. The number of nitrogens with zero attached hydrogens (tertiary/aromatic N) is 1. The zero-order valence-corrected chi connectivity index (χ0v) is 12.1. The fraction of sp³-hybridized carbons (Fsp3) is 0.467. The van der Waals surface area contributed by atoms with Crippen LogP contribution in [0.1, 0.15) is 24.4 Å². The van der Waals surface area contributed by atoms with Gasteiger partial charge in [-0.2, -0.15) is 0 Å². The van der Waals surface area contributed by atoms with Crippen molar-refractivity contribution in [1.82, 2.24) is 15.5 Å². The topological polar surface area (TPSA) is 81.7 Å². The summed E-state index contributed by atoms with van der Waals surface area (Å²) >= 11 is 0. The first kappa shape index (κ1) is 15.3. The summed E-state index contributed by atoms with van der Waals surface area (Å²) in [5.74, 6) is -1.07. The fourth-order valence-corrected chi connectivity index (χ4v) is 2.44. The molecule has 0 unspecified atom stereocenters. The van der Waals surface area contributed by atoms with Crippen molar-refractivity contribution in [3.8, 4) is 0 Å². The van der Waals surface area contributed by atoms with E-state index in [2.05, 4.69) is 15.5 Å². The lowest BCUT2D eigenvalue weighted by atomic mass is 10.1. The molecule has 0 spiro atoms. The minimum atomic E-state index is -1.07. The van der Waals surface area contributed by atoms with Crippen molar-refractivity contribution in [3.63, 3.8) is 0 Å². The van der Waals surface area contributed by atoms with Crippen molar-refractivity contribution < 1.29 is 14.7 Å². The number of amides is 2. The van der Waals surface area contributed by atoms with Crippen molar-refractivity contribution in [2.45, 2.75) is 24.9 Å². The smallest absolute Gasteiger partial charge is 0.330 e.